The average molecular weight is 519 g/mol. The van der Waals surface area contributed by atoms with E-state index in [2.05, 4.69) is 25.5 Å². The summed E-state index contributed by atoms with van der Waals surface area (Å²) in [6, 6.07) is 5.43. The van der Waals surface area contributed by atoms with E-state index in [1.54, 1.807) is 29.2 Å². The summed E-state index contributed by atoms with van der Waals surface area (Å²) in [4.78, 5) is 11.1. The molecule has 5 rings (SSSR count). The number of nitrogens with zero attached hydrogens (tertiary/aromatic N) is 7. The van der Waals surface area contributed by atoms with Crippen LogP contribution in [0.25, 0.3) is 22.2 Å². The highest BCUT2D eigenvalue weighted by Gasteiger charge is 2.29. The highest BCUT2D eigenvalue weighted by molar-refractivity contribution is 5.81. The molecule has 0 radical (unpaired) electrons. The Morgan fingerprint density at radius 1 is 1.11 bits per heavy atom. The standard InChI is InChI=1S/C24H26F4N8O/c25-6-2-8-36-23-16(10-31-36)4-5-21(33-23)32-22-9-20(34-7-1-3-18(37)14-34)19(12-29-22)17-11-30-35(13-17)15-24(26,27)28/h4-5,9-13,18,37H,1-3,6-8,14-15H2,(H,29,32,33)/t18-/m0/s1. The number of β-amino-alcohol motifs (C(OH)–C–C–N with tert-alkyl or cyclic N) is 1. The van der Waals surface area contributed by atoms with Crippen LogP contribution in [-0.2, 0) is 13.1 Å². The summed E-state index contributed by atoms with van der Waals surface area (Å²) in [6.45, 7) is -0.146. The molecule has 0 aromatic carbocycles. The molecule has 13 heteroatoms. The number of nitrogens with one attached hydrogen (secondary N) is 1. The number of aliphatic hydroxyl groups excluding tert-OH is 1. The number of aliphatic hydroxyl groups is 1. The second-order valence-corrected chi connectivity index (χ2v) is 9.02. The Bertz CT molecular complexity index is 1370. The molecule has 0 unspecified atom stereocenters. The van der Waals surface area contributed by atoms with E-state index < -0.39 is 25.5 Å². The van der Waals surface area contributed by atoms with Crippen LogP contribution < -0.4 is 10.2 Å². The van der Waals surface area contributed by atoms with Gasteiger partial charge in [-0.2, -0.15) is 23.4 Å². The van der Waals surface area contributed by atoms with E-state index in [9.17, 15) is 22.7 Å². The monoisotopic (exact) mass is 518 g/mol. The normalized spacial score (nSPS) is 16.5. The minimum absolute atomic E-state index is 0.337. The molecule has 196 valence electrons. The molecule has 1 atom stereocenters. The van der Waals surface area contributed by atoms with Gasteiger partial charge in [0.15, 0.2) is 5.65 Å². The molecule has 0 saturated carbocycles. The Kier molecular flexibility index (Phi) is 6.96. The number of rotatable bonds is 8. The van der Waals surface area contributed by atoms with E-state index in [1.807, 2.05) is 11.0 Å². The van der Waals surface area contributed by atoms with Gasteiger partial charge in [-0.1, -0.05) is 0 Å². The Hall–Kier alpha value is -3.74. The van der Waals surface area contributed by atoms with Gasteiger partial charge in [0.2, 0.25) is 0 Å². The Balaban J connectivity index is 1.46. The number of halogens is 4. The molecule has 5 heterocycles. The van der Waals surface area contributed by atoms with E-state index in [-0.39, 0.29) is 0 Å². The quantitative estimate of drug-likeness (QED) is 0.336. The fourth-order valence-electron chi connectivity index (χ4n) is 4.47. The van der Waals surface area contributed by atoms with Gasteiger partial charge >= 0.3 is 6.18 Å². The van der Waals surface area contributed by atoms with Gasteiger partial charge in [-0.05, 0) is 31.4 Å². The highest BCUT2D eigenvalue weighted by Crippen LogP contribution is 2.35. The number of aromatic nitrogens is 6. The van der Waals surface area contributed by atoms with E-state index in [0.29, 0.717) is 60.9 Å². The van der Waals surface area contributed by atoms with E-state index in [4.69, 9.17) is 0 Å². The lowest BCUT2D eigenvalue weighted by Gasteiger charge is -2.33. The van der Waals surface area contributed by atoms with Crippen LogP contribution in [0.5, 0.6) is 0 Å². The first-order chi connectivity index (χ1) is 17.8. The highest BCUT2D eigenvalue weighted by atomic mass is 19.4. The zero-order valence-corrected chi connectivity index (χ0v) is 19.9. The number of hydrogen-bond donors (Lipinski definition) is 2. The van der Waals surface area contributed by atoms with Crippen LogP contribution in [0.4, 0.5) is 34.9 Å². The lowest BCUT2D eigenvalue weighted by Crippen LogP contribution is -2.38. The molecule has 4 aromatic heterocycles. The molecule has 2 N–H and O–H groups in total. The number of anilines is 3. The Morgan fingerprint density at radius 2 is 1.97 bits per heavy atom. The fourth-order valence-corrected chi connectivity index (χ4v) is 4.47. The zero-order chi connectivity index (χ0) is 26.0. The third kappa shape index (κ3) is 5.82. The van der Waals surface area contributed by atoms with Crippen LogP contribution in [0, 0.1) is 0 Å². The summed E-state index contributed by atoms with van der Waals surface area (Å²) in [5, 5.41) is 22.4. The number of hydrogen-bond acceptors (Lipinski definition) is 7. The molecule has 0 spiro atoms. The maximum Gasteiger partial charge on any atom is 0.408 e. The van der Waals surface area contributed by atoms with Crippen LogP contribution in [-0.4, -0.2) is 66.7 Å². The summed E-state index contributed by atoms with van der Waals surface area (Å²) in [5.41, 5.74) is 2.44. The minimum atomic E-state index is -4.38. The van der Waals surface area contributed by atoms with Crippen molar-refractivity contribution in [1.29, 1.82) is 0 Å². The van der Waals surface area contributed by atoms with Crippen molar-refractivity contribution in [3.63, 3.8) is 0 Å². The van der Waals surface area contributed by atoms with Crippen LogP contribution >= 0.6 is 0 Å². The minimum Gasteiger partial charge on any atom is -0.391 e. The fraction of sp³-hybridized carbons (Fsp3) is 0.417. The van der Waals surface area contributed by atoms with Crippen LogP contribution in [0.15, 0.2) is 43.0 Å². The maximum atomic E-state index is 12.8. The van der Waals surface area contributed by atoms with Crippen molar-refractivity contribution >= 4 is 28.4 Å². The van der Waals surface area contributed by atoms with Crippen molar-refractivity contribution in [3.8, 4) is 11.1 Å². The summed E-state index contributed by atoms with van der Waals surface area (Å²) in [6.07, 6.45) is 2.89. The molecule has 1 saturated heterocycles. The Morgan fingerprint density at radius 3 is 2.76 bits per heavy atom. The third-order valence-corrected chi connectivity index (χ3v) is 6.15. The van der Waals surface area contributed by atoms with Gasteiger partial charge in [0.25, 0.3) is 0 Å². The van der Waals surface area contributed by atoms with Crippen molar-refractivity contribution in [2.45, 2.75) is 44.6 Å². The first-order valence-electron chi connectivity index (χ1n) is 12.0. The van der Waals surface area contributed by atoms with E-state index in [1.165, 1.54) is 12.4 Å². The number of aryl methyl sites for hydroxylation is 1. The maximum absolute atomic E-state index is 12.8. The number of alkyl halides is 4. The SMILES string of the molecule is O[C@H]1CCCN(c2cc(Nc3ccc4cnn(CCCF)c4n3)ncc2-c2cnn(CC(F)(F)F)c2)C1. The summed E-state index contributed by atoms with van der Waals surface area (Å²) in [7, 11) is 0. The van der Waals surface area contributed by atoms with Crippen LogP contribution in [0.2, 0.25) is 0 Å². The Labute approximate surface area is 209 Å². The van der Waals surface area contributed by atoms with Crippen molar-refractivity contribution in [2.75, 3.05) is 30.0 Å². The first-order valence-corrected chi connectivity index (χ1v) is 12.0. The molecular weight excluding hydrogens is 492 g/mol. The van der Waals surface area contributed by atoms with Crippen molar-refractivity contribution in [3.05, 3.63) is 43.0 Å². The zero-order valence-electron chi connectivity index (χ0n) is 19.9. The summed E-state index contributed by atoms with van der Waals surface area (Å²) >= 11 is 0. The predicted molar refractivity (Wildman–Crippen MR) is 130 cm³/mol. The predicted octanol–water partition coefficient (Wildman–Crippen LogP) is 4.32. The van der Waals surface area contributed by atoms with Gasteiger partial charge in [0, 0.05) is 54.6 Å². The molecule has 0 amide bonds. The third-order valence-electron chi connectivity index (χ3n) is 6.15. The topological polar surface area (TPSA) is 96.9 Å². The van der Waals surface area contributed by atoms with E-state index in [0.717, 1.165) is 22.2 Å². The smallest absolute Gasteiger partial charge is 0.391 e. The lowest BCUT2D eigenvalue weighted by molar-refractivity contribution is -0.142. The second kappa shape index (κ2) is 10.3. The molecule has 1 aliphatic rings. The second-order valence-electron chi connectivity index (χ2n) is 9.02. The van der Waals surface area contributed by atoms with Gasteiger partial charge in [-0.3, -0.25) is 9.07 Å². The summed E-state index contributed by atoms with van der Waals surface area (Å²) in [5.74, 6) is 0.987. The van der Waals surface area contributed by atoms with E-state index >= 15 is 0 Å². The molecule has 0 bridgehead atoms. The molecule has 37 heavy (non-hydrogen) atoms. The molecular formula is C24H26F4N8O. The number of fused-ring (bicyclic) bond motifs is 1. The molecule has 1 aliphatic heterocycles. The largest absolute Gasteiger partial charge is 0.408 e. The van der Waals surface area contributed by atoms with Gasteiger partial charge in [0.1, 0.15) is 18.2 Å². The van der Waals surface area contributed by atoms with Gasteiger partial charge < -0.3 is 15.3 Å². The van der Waals surface area contributed by atoms with Gasteiger partial charge in [-0.25, -0.2) is 14.6 Å². The number of pyridine rings is 2. The lowest BCUT2D eigenvalue weighted by atomic mass is 10.0. The molecule has 1 fully saturated rings. The van der Waals surface area contributed by atoms with Crippen molar-refractivity contribution in [1.82, 2.24) is 29.5 Å². The molecule has 9 nitrogen and oxygen atoms in total. The van der Waals surface area contributed by atoms with Gasteiger partial charge in [0.05, 0.1) is 30.9 Å². The van der Waals surface area contributed by atoms with Gasteiger partial charge in [-0.15, -0.1) is 0 Å². The van der Waals surface area contributed by atoms with Crippen molar-refractivity contribution in [2.24, 2.45) is 0 Å². The molecule has 0 aliphatic carbocycles. The van der Waals surface area contributed by atoms with Crippen LogP contribution in [0.3, 0.4) is 0 Å². The van der Waals surface area contributed by atoms with Crippen LogP contribution in [0.1, 0.15) is 19.3 Å². The first kappa shape index (κ1) is 24.9. The molecule has 4 aromatic rings. The summed E-state index contributed by atoms with van der Waals surface area (Å²) < 4.78 is 53.7. The van der Waals surface area contributed by atoms with Crippen molar-refractivity contribution < 1.29 is 22.7 Å². The number of piperidine rings is 1. The average Bonchev–Trinajstić information content (AvgIpc) is 3.48.